The normalized spacial score (nSPS) is 15.1. The number of methoxy groups -OCH3 is 1. The first-order chi connectivity index (χ1) is 12.5. The van der Waals surface area contributed by atoms with Crippen LogP contribution in [0.25, 0.3) is 11.3 Å². The Morgan fingerprint density at radius 2 is 2.04 bits per heavy atom. The van der Waals surface area contributed by atoms with E-state index in [1.165, 1.54) is 12.3 Å². The van der Waals surface area contributed by atoms with E-state index in [0.29, 0.717) is 23.8 Å². The third kappa shape index (κ3) is 3.07. The number of hydrogen-bond acceptors (Lipinski definition) is 4. The van der Waals surface area contributed by atoms with E-state index in [2.05, 4.69) is 6.92 Å². The quantitative estimate of drug-likeness (QED) is 0.856. The molecular formula is C20H23NO5. The van der Waals surface area contributed by atoms with E-state index in [-0.39, 0.29) is 11.6 Å². The fourth-order valence-electron chi connectivity index (χ4n) is 3.42. The Morgan fingerprint density at radius 3 is 2.65 bits per heavy atom. The maximum atomic E-state index is 12.3. The molecule has 1 aromatic carbocycles. The van der Waals surface area contributed by atoms with Crippen LogP contribution in [0, 0.1) is 0 Å². The molecule has 1 aromatic heterocycles. The molecule has 2 aromatic rings. The van der Waals surface area contributed by atoms with Gasteiger partial charge >= 0.3 is 5.97 Å². The lowest BCUT2D eigenvalue weighted by atomic mass is 9.90. The fraction of sp³-hybridized carbons (Fsp3) is 0.400. The number of nitrogens with zero attached hydrogens (tertiary/aromatic N) is 1. The Bertz CT molecular complexity index is 900. The highest BCUT2D eigenvalue weighted by atomic mass is 16.5. The van der Waals surface area contributed by atoms with Crippen molar-refractivity contribution >= 4 is 5.97 Å². The molecule has 1 N–H and O–H groups in total. The van der Waals surface area contributed by atoms with Crippen molar-refractivity contribution in [3.05, 3.63) is 45.7 Å². The summed E-state index contributed by atoms with van der Waals surface area (Å²) in [5.41, 5.74) is 1.98. The zero-order valence-corrected chi connectivity index (χ0v) is 15.2. The van der Waals surface area contributed by atoms with Crippen LogP contribution >= 0.6 is 0 Å². The van der Waals surface area contributed by atoms with Gasteiger partial charge in [0.2, 0.25) is 0 Å². The summed E-state index contributed by atoms with van der Waals surface area (Å²) in [4.78, 5) is 23.6. The maximum Gasteiger partial charge on any atom is 0.341 e. The molecule has 26 heavy (non-hydrogen) atoms. The van der Waals surface area contributed by atoms with Crippen LogP contribution in [0.15, 0.2) is 29.2 Å². The number of carboxylic acid groups (broad SMARTS) is 1. The van der Waals surface area contributed by atoms with Crippen molar-refractivity contribution in [2.24, 2.45) is 0 Å². The summed E-state index contributed by atoms with van der Waals surface area (Å²) >= 11 is 0. The number of pyridine rings is 1. The average Bonchev–Trinajstić information content (AvgIpc) is 2.64. The molecule has 0 amide bonds. The van der Waals surface area contributed by atoms with Gasteiger partial charge in [-0.05, 0) is 37.0 Å². The number of carbonyl (C=O) groups is 1. The molecule has 2 heterocycles. The van der Waals surface area contributed by atoms with Crippen LogP contribution in [0.1, 0.15) is 48.7 Å². The minimum absolute atomic E-state index is 0.0867. The number of benzene rings is 1. The van der Waals surface area contributed by atoms with Crippen LogP contribution in [0.4, 0.5) is 0 Å². The fourth-order valence-corrected chi connectivity index (χ4v) is 3.42. The van der Waals surface area contributed by atoms with Crippen LogP contribution in [-0.4, -0.2) is 29.4 Å². The van der Waals surface area contributed by atoms with Gasteiger partial charge < -0.3 is 19.1 Å². The largest absolute Gasteiger partial charge is 0.493 e. The number of carboxylic acids is 1. The minimum atomic E-state index is -1.20. The topological polar surface area (TPSA) is 77.8 Å². The standard InChI is InChI=1S/C20H23NO5/c1-4-6-26-19-8-12-7-13(5-2)21-11-15(20(23)24)17(22)10-16(21)14(12)9-18(19)25-3/h8-11,13H,4-7H2,1-3H3,(H,23,24)/t13-/m0/s1. The molecule has 0 bridgehead atoms. The Hall–Kier alpha value is -2.76. The first kappa shape index (κ1) is 18.0. The van der Waals surface area contributed by atoms with E-state index in [1.54, 1.807) is 7.11 Å². The van der Waals surface area contributed by atoms with Crippen molar-refractivity contribution < 1.29 is 19.4 Å². The van der Waals surface area contributed by atoms with Gasteiger partial charge in [0.1, 0.15) is 5.56 Å². The molecule has 0 aliphatic carbocycles. The highest BCUT2D eigenvalue weighted by Gasteiger charge is 2.26. The Balaban J connectivity index is 2.20. The van der Waals surface area contributed by atoms with E-state index in [1.807, 2.05) is 23.6 Å². The second-order valence-corrected chi connectivity index (χ2v) is 6.42. The van der Waals surface area contributed by atoms with Crippen LogP contribution in [0.5, 0.6) is 11.5 Å². The van der Waals surface area contributed by atoms with Crippen molar-refractivity contribution in [2.75, 3.05) is 13.7 Å². The Kier molecular flexibility index (Phi) is 5.02. The highest BCUT2D eigenvalue weighted by Crippen LogP contribution is 2.41. The van der Waals surface area contributed by atoms with Gasteiger partial charge in [0.05, 0.1) is 19.4 Å². The van der Waals surface area contributed by atoms with Gasteiger partial charge in [-0.3, -0.25) is 4.79 Å². The summed E-state index contributed by atoms with van der Waals surface area (Å²) in [5.74, 6) is 0.0983. The summed E-state index contributed by atoms with van der Waals surface area (Å²) < 4.78 is 13.2. The van der Waals surface area contributed by atoms with Crippen molar-refractivity contribution in [1.29, 1.82) is 0 Å². The molecule has 0 saturated carbocycles. The average molecular weight is 357 g/mol. The molecule has 0 saturated heterocycles. The summed E-state index contributed by atoms with van der Waals surface area (Å²) in [6, 6.07) is 5.35. The maximum absolute atomic E-state index is 12.3. The molecular weight excluding hydrogens is 334 g/mol. The van der Waals surface area contributed by atoms with E-state index in [4.69, 9.17) is 9.47 Å². The predicted molar refractivity (Wildman–Crippen MR) is 98.5 cm³/mol. The van der Waals surface area contributed by atoms with E-state index in [9.17, 15) is 14.7 Å². The highest BCUT2D eigenvalue weighted by molar-refractivity contribution is 5.87. The molecule has 1 atom stereocenters. The lowest BCUT2D eigenvalue weighted by Gasteiger charge is -2.31. The van der Waals surface area contributed by atoms with Crippen LogP contribution in [0.3, 0.4) is 0 Å². The van der Waals surface area contributed by atoms with E-state index < -0.39 is 11.4 Å². The van der Waals surface area contributed by atoms with E-state index >= 15 is 0 Å². The lowest BCUT2D eigenvalue weighted by molar-refractivity contribution is 0.0694. The SMILES string of the molecule is CCCOc1cc2c(cc1OC)-c1cc(=O)c(C(=O)O)cn1[C@@H](CC)C2. The monoisotopic (exact) mass is 357 g/mol. The number of fused-ring (bicyclic) bond motifs is 3. The molecule has 0 unspecified atom stereocenters. The van der Waals surface area contributed by atoms with Gasteiger partial charge in [0.25, 0.3) is 0 Å². The minimum Gasteiger partial charge on any atom is -0.493 e. The number of aromatic nitrogens is 1. The van der Waals surface area contributed by atoms with E-state index in [0.717, 1.165) is 30.4 Å². The molecule has 6 nitrogen and oxygen atoms in total. The van der Waals surface area contributed by atoms with Crippen molar-refractivity contribution in [3.63, 3.8) is 0 Å². The van der Waals surface area contributed by atoms with Gasteiger partial charge in [-0.15, -0.1) is 0 Å². The van der Waals surface area contributed by atoms with Gasteiger partial charge in [-0.25, -0.2) is 4.79 Å². The first-order valence-corrected chi connectivity index (χ1v) is 8.83. The third-order valence-electron chi connectivity index (χ3n) is 4.76. The Morgan fingerprint density at radius 1 is 1.27 bits per heavy atom. The summed E-state index contributed by atoms with van der Waals surface area (Å²) in [6.45, 7) is 4.70. The third-order valence-corrected chi connectivity index (χ3v) is 4.76. The first-order valence-electron chi connectivity index (χ1n) is 8.83. The number of aromatic carboxylic acids is 1. The second kappa shape index (κ2) is 7.23. The zero-order chi connectivity index (χ0) is 18.8. The van der Waals surface area contributed by atoms with Gasteiger partial charge in [0, 0.05) is 23.9 Å². The van der Waals surface area contributed by atoms with Gasteiger partial charge in [-0.2, -0.15) is 0 Å². The summed E-state index contributed by atoms with van der Waals surface area (Å²) in [6.07, 6.45) is 3.93. The Labute approximate surface area is 152 Å². The molecule has 6 heteroatoms. The lowest BCUT2D eigenvalue weighted by Crippen LogP contribution is -2.25. The summed E-state index contributed by atoms with van der Waals surface area (Å²) in [7, 11) is 1.58. The van der Waals surface area contributed by atoms with Gasteiger partial charge in [0.15, 0.2) is 16.9 Å². The zero-order valence-electron chi connectivity index (χ0n) is 15.2. The molecule has 0 fully saturated rings. The molecule has 1 aliphatic rings. The molecule has 138 valence electrons. The molecule has 0 spiro atoms. The number of rotatable bonds is 6. The van der Waals surface area contributed by atoms with Gasteiger partial charge in [-0.1, -0.05) is 13.8 Å². The number of ether oxygens (including phenoxy) is 2. The van der Waals surface area contributed by atoms with Crippen molar-refractivity contribution in [3.8, 4) is 22.8 Å². The molecule has 0 radical (unpaired) electrons. The predicted octanol–water partition coefficient (Wildman–Crippen LogP) is 3.52. The smallest absolute Gasteiger partial charge is 0.341 e. The molecule has 3 rings (SSSR count). The van der Waals surface area contributed by atoms with Crippen LogP contribution in [0.2, 0.25) is 0 Å². The molecule has 1 aliphatic heterocycles. The second-order valence-electron chi connectivity index (χ2n) is 6.42. The van der Waals surface area contributed by atoms with Crippen LogP contribution in [-0.2, 0) is 6.42 Å². The van der Waals surface area contributed by atoms with Crippen molar-refractivity contribution in [1.82, 2.24) is 4.57 Å². The summed E-state index contributed by atoms with van der Waals surface area (Å²) in [5, 5.41) is 9.27. The van der Waals surface area contributed by atoms with Crippen LogP contribution < -0.4 is 14.9 Å². The van der Waals surface area contributed by atoms with Crippen molar-refractivity contribution in [2.45, 2.75) is 39.2 Å². The number of hydrogen-bond donors (Lipinski definition) is 1.